The maximum absolute atomic E-state index is 12.9. The summed E-state index contributed by atoms with van der Waals surface area (Å²) < 4.78 is 10.5. The van der Waals surface area contributed by atoms with E-state index in [-0.39, 0.29) is 17.7 Å². The number of benzene rings is 2. The Labute approximate surface area is 209 Å². The van der Waals surface area contributed by atoms with Gasteiger partial charge in [0.25, 0.3) is 5.91 Å². The van der Waals surface area contributed by atoms with Crippen LogP contribution in [0.2, 0.25) is 0 Å². The standard InChI is InChI=1S/C28H39N3O4/c1-19(2)26(30-27(32)23-13-24(34-4)15-25(14-23)35-5)28(33)29-16-21-8-10-22(11-9-21)18-31-12-6-7-20(3)17-31/h8-11,13-15,19-20,26H,6-7,12,16-18H2,1-5H3,(H,29,33)(H,30,32). The zero-order chi connectivity index (χ0) is 25.4. The lowest BCUT2D eigenvalue weighted by atomic mass is 9.99. The molecule has 7 heteroatoms. The Balaban J connectivity index is 1.56. The number of likely N-dealkylation sites (tertiary alicyclic amines) is 1. The van der Waals surface area contributed by atoms with E-state index in [9.17, 15) is 9.59 Å². The van der Waals surface area contributed by atoms with Crippen LogP contribution in [-0.4, -0.2) is 50.1 Å². The smallest absolute Gasteiger partial charge is 0.252 e. The molecule has 190 valence electrons. The summed E-state index contributed by atoms with van der Waals surface area (Å²) in [5, 5.41) is 5.84. The van der Waals surface area contributed by atoms with Crippen molar-refractivity contribution < 1.29 is 19.1 Å². The van der Waals surface area contributed by atoms with Crippen molar-refractivity contribution in [1.29, 1.82) is 0 Å². The molecule has 2 atom stereocenters. The van der Waals surface area contributed by atoms with Crippen LogP contribution in [0.15, 0.2) is 42.5 Å². The molecule has 0 spiro atoms. The normalized spacial score (nSPS) is 17.0. The van der Waals surface area contributed by atoms with E-state index in [1.165, 1.54) is 32.6 Å². The fourth-order valence-corrected chi connectivity index (χ4v) is 4.45. The van der Waals surface area contributed by atoms with E-state index >= 15 is 0 Å². The number of rotatable bonds is 10. The first-order valence-corrected chi connectivity index (χ1v) is 12.4. The number of hydrogen-bond acceptors (Lipinski definition) is 5. The third-order valence-corrected chi connectivity index (χ3v) is 6.49. The molecular weight excluding hydrogens is 442 g/mol. The van der Waals surface area contributed by atoms with Gasteiger partial charge in [-0.3, -0.25) is 14.5 Å². The number of nitrogens with zero attached hydrogens (tertiary/aromatic N) is 1. The van der Waals surface area contributed by atoms with Gasteiger partial charge in [-0.25, -0.2) is 0 Å². The third-order valence-electron chi connectivity index (χ3n) is 6.49. The van der Waals surface area contributed by atoms with Crippen LogP contribution in [0.25, 0.3) is 0 Å². The Morgan fingerprint density at radius 1 is 1.03 bits per heavy atom. The Hall–Kier alpha value is -3.06. The molecule has 0 aromatic heterocycles. The molecule has 0 aliphatic carbocycles. The van der Waals surface area contributed by atoms with Crippen molar-refractivity contribution in [3.8, 4) is 11.5 Å². The Morgan fingerprint density at radius 3 is 2.23 bits per heavy atom. The van der Waals surface area contributed by atoms with Crippen LogP contribution in [0.4, 0.5) is 0 Å². The van der Waals surface area contributed by atoms with Crippen molar-refractivity contribution in [3.63, 3.8) is 0 Å². The minimum Gasteiger partial charge on any atom is -0.497 e. The lowest BCUT2D eigenvalue weighted by Gasteiger charge is -2.30. The molecule has 3 rings (SSSR count). The summed E-state index contributed by atoms with van der Waals surface area (Å²) in [7, 11) is 3.06. The number of methoxy groups -OCH3 is 2. The van der Waals surface area contributed by atoms with Crippen molar-refractivity contribution in [2.45, 2.75) is 52.7 Å². The average Bonchev–Trinajstić information content (AvgIpc) is 2.86. The number of carbonyl (C=O) groups excluding carboxylic acids is 2. The van der Waals surface area contributed by atoms with Crippen molar-refractivity contribution >= 4 is 11.8 Å². The summed E-state index contributed by atoms with van der Waals surface area (Å²) in [6.07, 6.45) is 2.59. The molecule has 1 aliphatic heterocycles. The average molecular weight is 482 g/mol. The molecule has 1 aliphatic rings. The van der Waals surface area contributed by atoms with Gasteiger partial charge in [-0.1, -0.05) is 45.0 Å². The summed E-state index contributed by atoms with van der Waals surface area (Å²) in [5.74, 6) is 1.14. The molecule has 7 nitrogen and oxygen atoms in total. The SMILES string of the molecule is COc1cc(OC)cc(C(=O)NC(C(=O)NCc2ccc(CN3CCCC(C)C3)cc2)C(C)C)c1. The highest BCUT2D eigenvalue weighted by molar-refractivity contribution is 5.98. The number of hydrogen-bond donors (Lipinski definition) is 2. The van der Waals surface area contributed by atoms with Crippen LogP contribution in [0, 0.1) is 11.8 Å². The van der Waals surface area contributed by atoms with Gasteiger partial charge in [-0.2, -0.15) is 0 Å². The fourth-order valence-electron chi connectivity index (χ4n) is 4.45. The van der Waals surface area contributed by atoms with Crippen molar-refractivity contribution in [2.75, 3.05) is 27.3 Å². The van der Waals surface area contributed by atoms with Crippen molar-refractivity contribution in [3.05, 3.63) is 59.2 Å². The van der Waals surface area contributed by atoms with Crippen LogP contribution in [0.3, 0.4) is 0 Å². The number of nitrogens with one attached hydrogen (secondary N) is 2. The summed E-state index contributed by atoms with van der Waals surface area (Å²) in [4.78, 5) is 28.4. The number of ether oxygens (including phenoxy) is 2. The quantitative estimate of drug-likeness (QED) is 0.536. The molecule has 1 saturated heterocycles. The summed E-state index contributed by atoms with van der Waals surface area (Å²) in [6.45, 7) is 9.83. The van der Waals surface area contributed by atoms with Crippen LogP contribution < -0.4 is 20.1 Å². The van der Waals surface area contributed by atoms with Gasteiger partial charge in [0.05, 0.1) is 14.2 Å². The predicted octanol–water partition coefficient (Wildman–Crippen LogP) is 4.01. The van der Waals surface area contributed by atoms with E-state index in [1.54, 1.807) is 18.2 Å². The summed E-state index contributed by atoms with van der Waals surface area (Å²) >= 11 is 0. The van der Waals surface area contributed by atoms with E-state index in [1.807, 2.05) is 13.8 Å². The van der Waals surface area contributed by atoms with Crippen LogP contribution in [-0.2, 0) is 17.9 Å². The number of amides is 2. The molecule has 1 heterocycles. The monoisotopic (exact) mass is 481 g/mol. The van der Waals surface area contributed by atoms with Crippen LogP contribution in [0.5, 0.6) is 11.5 Å². The number of piperidine rings is 1. The highest BCUT2D eigenvalue weighted by atomic mass is 16.5. The molecule has 2 aromatic carbocycles. The van der Waals surface area contributed by atoms with E-state index < -0.39 is 6.04 Å². The zero-order valence-corrected chi connectivity index (χ0v) is 21.6. The summed E-state index contributed by atoms with van der Waals surface area (Å²) in [6, 6.07) is 12.7. The highest BCUT2D eigenvalue weighted by Gasteiger charge is 2.25. The first-order valence-electron chi connectivity index (χ1n) is 12.4. The second kappa shape index (κ2) is 12.6. The van der Waals surface area contributed by atoms with E-state index in [0.29, 0.717) is 23.6 Å². The molecular formula is C28H39N3O4. The minimum absolute atomic E-state index is 0.0826. The molecule has 2 aromatic rings. The summed E-state index contributed by atoms with van der Waals surface area (Å²) in [5.41, 5.74) is 2.69. The lowest BCUT2D eigenvalue weighted by molar-refractivity contribution is -0.124. The maximum atomic E-state index is 12.9. The van der Waals surface area contributed by atoms with E-state index in [0.717, 1.165) is 31.1 Å². The minimum atomic E-state index is -0.667. The second-order valence-corrected chi connectivity index (χ2v) is 9.81. The largest absolute Gasteiger partial charge is 0.497 e. The number of carbonyl (C=O) groups is 2. The van der Waals surface area contributed by atoms with Crippen molar-refractivity contribution in [1.82, 2.24) is 15.5 Å². The Bertz CT molecular complexity index is 968. The van der Waals surface area contributed by atoms with Crippen molar-refractivity contribution in [2.24, 2.45) is 11.8 Å². The maximum Gasteiger partial charge on any atom is 0.252 e. The van der Waals surface area contributed by atoms with Gasteiger partial charge in [0.2, 0.25) is 5.91 Å². The molecule has 2 amide bonds. The van der Waals surface area contributed by atoms with Gasteiger partial charge < -0.3 is 20.1 Å². The van der Waals surface area contributed by atoms with Gasteiger partial charge in [0, 0.05) is 31.3 Å². The first kappa shape index (κ1) is 26.5. The Kier molecular flexibility index (Phi) is 9.55. The molecule has 0 saturated carbocycles. The van der Waals surface area contributed by atoms with Gasteiger partial charge >= 0.3 is 0 Å². The highest BCUT2D eigenvalue weighted by Crippen LogP contribution is 2.23. The fraction of sp³-hybridized carbons (Fsp3) is 0.500. The van der Waals surface area contributed by atoms with Crippen LogP contribution in [0.1, 0.15) is 55.1 Å². The first-order chi connectivity index (χ1) is 16.8. The van der Waals surface area contributed by atoms with Gasteiger partial charge in [-0.15, -0.1) is 0 Å². The molecule has 2 N–H and O–H groups in total. The predicted molar refractivity (Wildman–Crippen MR) is 138 cm³/mol. The van der Waals surface area contributed by atoms with Gasteiger partial charge in [-0.05, 0) is 54.5 Å². The Morgan fingerprint density at radius 2 is 1.66 bits per heavy atom. The second-order valence-electron chi connectivity index (χ2n) is 9.81. The lowest BCUT2D eigenvalue weighted by Crippen LogP contribution is -2.49. The zero-order valence-electron chi connectivity index (χ0n) is 21.6. The molecule has 35 heavy (non-hydrogen) atoms. The molecule has 1 fully saturated rings. The van der Waals surface area contributed by atoms with Crippen LogP contribution >= 0.6 is 0 Å². The van der Waals surface area contributed by atoms with Gasteiger partial charge in [0.1, 0.15) is 17.5 Å². The molecule has 2 unspecified atom stereocenters. The third kappa shape index (κ3) is 7.72. The molecule has 0 bridgehead atoms. The van der Waals surface area contributed by atoms with Gasteiger partial charge in [0.15, 0.2) is 0 Å². The molecule has 0 radical (unpaired) electrons. The van der Waals surface area contributed by atoms with E-state index in [4.69, 9.17) is 9.47 Å². The van der Waals surface area contributed by atoms with E-state index in [2.05, 4.69) is 46.7 Å². The topological polar surface area (TPSA) is 79.9 Å².